The van der Waals surface area contributed by atoms with E-state index in [1.165, 1.54) is 32.1 Å². The third-order valence-electron chi connectivity index (χ3n) is 11.3. The Morgan fingerprint density at radius 2 is 1.52 bits per heavy atom. The Bertz CT molecular complexity index is 713. The number of allylic oxidation sites excluding steroid dienone is 2. The minimum atomic E-state index is 0.502. The van der Waals surface area contributed by atoms with Crippen LogP contribution in [-0.4, -0.2) is 24.4 Å². The second-order valence-corrected chi connectivity index (χ2v) is 12.7. The van der Waals surface area contributed by atoms with Gasteiger partial charge in [0.15, 0.2) is 0 Å². The lowest BCUT2D eigenvalue weighted by Crippen LogP contribution is -2.51. The van der Waals surface area contributed by atoms with Crippen LogP contribution in [0.3, 0.4) is 0 Å². The fourth-order valence-electron chi connectivity index (χ4n) is 10.3. The van der Waals surface area contributed by atoms with Crippen molar-refractivity contribution < 1.29 is 9.47 Å². The van der Waals surface area contributed by atoms with Crippen molar-refractivity contribution in [1.82, 2.24) is 0 Å². The predicted molar refractivity (Wildman–Crippen MR) is 114 cm³/mol. The van der Waals surface area contributed by atoms with E-state index in [9.17, 15) is 0 Å². The molecule has 15 atom stereocenters. The molecule has 4 saturated carbocycles. The molecule has 0 aromatic carbocycles. The second-order valence-electron chi connectivity index (χ2n) is 12.7. The Balaban J connectivity index is 1.15. The first kappa shape index (κ1) is 18.3. The van der Waals surface area contributed by atoms with E-state index in [1.54, 1.807) is 0 Å². The van der Waals surface area contributed by atoms with Crippen LogP contribution < -0.4 is 0 Å². The summed E-state index contributed by atoms with van der Waals surface area (Å²) in [7, 11) is 0. The lowest BCUT2D eigenvalue weighted by Gasteiger charge is -2.47. The highest BCUT2D eigenvalue weighted by Crippen LogP contribution is 2.72. The van der Waals surface area contributed by atoms with Crippen LogP contribution in [0.25, 0.3) is 0 Å². The van der Waals surface area contributed by atoms with E-state index in [0.29, 0.717) is 24.4 Å². The van der Waals surface area contributed by atoms with Crippen molar-refractivity contribution in [2.75, 3.05) is 0 Å². The van der Waals surface area contributed by atoms with Crippen molar-refractivity contribution in [2.45, 2.75) is 84.2 Å². The van der Waals surface area contributed by atoms with Gasteiger partial charge in [-0.3, -0.25) is 0 Å². The molecule has 0 aromatic rings. The molecule has 6 fully saturated rings. The normalized spacial score (nSPS) is 63.7. The molecule has 2 saturated heterocycles. The van der Waals surface area contributed by atoms with Crippen molar-refractivity contribution >= 4 is 0 Å². The molecule has 7 rings (SSSR count). The van der Waals surface area contributed by atoms with Gasteiger partial charge >= 0.3 is 0 Å². The largest absolute Gasteiger partial charge is 0.374 e. The maximum absolute atomic E-state index is 7.16. The smallest absolute Gasteiger partial charge is 0.0652 e. The molecule has 5 aliphatic carbocycles. The van der Waals surface area contributed by atoms with Gasteiger partial charge in [0.05, 0.1) is 24.4 Å². The zero-order chi connectivity index (χ0) is 19.6. The molecule has 2 nitrogen and oxygen atoms in total. The highest BCUT2D eigenvalue weighted by Gasteiger charge is 2.73. The van der Waals surface area contributed by atoms with Gasteiger partial charge in [-0.15, -0.1) is 0 Å². The minimum Gasteiger partial charge on any atom is -0.374 e. The van der Waals surface area contributed by atoms with E-state index in [-0.39, 0.29) is 0 Å². The molecule has 2 heteroatoms. The molecule has 160 valence electrons. The molecule has 6 bridgehead atoms. The predicted octanol–water partition coefficient (Wildman–Crippen LogP) is 5.57. The maximum Gasteiger partial charge on any atom is 0.0652 e. The molecule has 2 aliphatic heterocycles. The monoisotopic (exact) mass is 396 g/mol. The zero-order valence-corrected chi connectivity index (χ0v) is 18.7. The van der Waals surface area contributed by atoms with Crippen LogP contribution in [0.15, 0.2) is 12.2 Å². The maximum atomic E-state index is 7.16. The lowest BCUT2D eigenvalue weighted by molar-refractivity contribution is -0.133. The van der Waals surface area contributed by atoms with Crippen molar-refractivity contribution in [1.29, 1.82) is 0 Å². The van der Waals surface area contributed by atoms with E-state index < -0.39 is 0 Å². The Hall–Kier alpha value is -0.340. The average Bonchev–Trinajstić information content (AvgIpc) is 3.49. The van der Waals surface area contributed by atoms with Crippen LogP contribution in [-0.2, 0) is 9.47 Å². The molecule has 2 heterocycles. The Morgan fingerprint density at radius 1 is 0.828 bits per heavy atom. The number of rotatable bonds is 3. The zero-order valence-electron chi connectivity index (χ0n) is 18.7. The summed E-state index contributed by atoms with van der Waals surface area (Å²) >= 11 is 0. The summed E-state index contributed by atoms with van der Waals surface area (Å²) in [6.07, 6.45) is 14.2. The highest BCUT2D eigenvalue weighted by atomic mass is 16.5. The Kier molecular flexibility index (Phi) is 3.85. The number of hydrogen-bond acceptors (Lipinski definition) is 2. The summed E-state index contributed by atoms with van der Waals surface area (Å²) in [5, 5.41) is 0. The summed E-state index contributed by atoms with van der Waals surface area (Å²) in [5.74, 6) is 9.82. The topological polar surface area (TPSA) is 18.5 Å². The lowest BCUT2D eigenvalue weighted by atomic mass is 9.59. The average molecular weight is 397 g/mol. The summed E-state index contributed by atoms with van der Waals surface area (Å²) in [6.45, 7) is 9.82. The molecule has 29 heavy (non-hydrogen) atoms. The van der Waals surface area contributed by atoms with E-state index in [2.05, 4.69) is 39.8 Å². The molecule has 0 amide bonds. The van der Waals surface area contributed by atoms with E-state index >= 15 is 0 Å². The molecule has 0 radical (unpaired) electrons. The van der Waals surface area contributed by atoms with Crippen LogP contribution in [0.1, 0.15) is 59.8 Å². The van der Waals surface area contributed by atoms with E-state index in [1.807, 2.05) is 0 Å². The molecule has 7 aliphatic rings. The first-order valence-electron chi connectivity index (χ1n) is 13.0. The quantitative estimate of drug-likeness (QED) is 0.581. The summed E-state index contributed by atoms with van der Waals surface area (Å²) < 4.78 is 14.0. The first-order chi connectivity index (χ1) is 14.0. The molecular formula is C27H40O2. The number of hydrogen-bond donors (Lipinski definition) is 0. The van der Waals surface area contributed by atoms with Gasteiger partial charge in [0, 0.05) is 0 Å². The second kappa shape index (κ2) is 6.12. The van der Waals surface area contributed by atoms with Crippen molar-refractivity contribution in [3.63, 3.8) is 0 Å². The van der Waals surface area contributed by atoms with Gasteiger partial charge in [-0.1, -0.05) is 46.3 Å². The molecule has 0 spiro atoms. The minimum absolute atomic E-state index is 0.502. The van der Waals surface area contributed by atoms with Gasteiger partial charge < -0.3 is 9.47 Å². The molecule has 0 aromatic heterocycles. The van der Waals surface area contributed by atoms with Gasteiger partial charge in [-0.2, -0.15) is 0 Å². The van der Waals surface area contributed by atoms with Crippen LogP contribution in [0, 0.1) is 71.0 Å². The molecule has 0 N–H and O–H groups in total. The fourth-order valence-corrected chi connectivity index (χ4v) is 10.3. The summed E-state index contributed by atoms with van der Waals surface area (Å²) in [6, 6.07) is 0. The van der Waals surface area contributed by atoms with Gasteiger partial charge in [0.1, 0.15) is 0 Å². The van der Waals surface area contributed by atoms with Crippen molar-refractivity contribution in [2.24, 2.45) is 71.0 Å². The molecular weight excluding hydrogens is 356 g/mol. The van der Waals surface area contributed by atoms with E-state index in [0.717, 1.165) is 71.0 Å². The van der Waals surface area contributed by atoms with Crippen LogP contribution in [0.5, 0.6) is 0 Å². The van der Waals surface area contributed by atoms with Gasteiger partial charge in [-0.05, 0) is 96.7 Å². The van der Waals surface area contributed by atoms with Gasteiger partial charge in [0.25, 0.3) is 0 Å². The standard InChI is InChI=1S/C27H40O2/c1-12(2)17-8-5-13(3)9-20(17)28-25-14(4)18-11-19(25)24-23(18)26-21-15-6-7-16(10-15)22(21)27(24)29-26/h6-7,12-27H,5,8-11H2,1-4H3. The Morgan fingerprint density at radius 3 is 2.21 bits per heavy atom. The summed E-state index contributed by atoms with van der Waals surface area (Å²) in [4.78, 5) is 0. The third kappa shape index (κ3) is 2.27. The van der Waals surface area contributed by atoms with Crippen molar-refractivity contribution in [3.8, 4) is 0 Å². The SMILES string of the molecule is CC1CCC(C(C)C)C(OC2C(C)C3CC2C2C4OC(C5C6C=CC(C6)C45)C32)C1. The highest BCUT2D eigenvalue weighted by molar-refractivity contribution is 5.26. The molecule has 15 unspecified atom stereocenters. The third-order valence-corrected chi connectivity index (χ3v) is 11.3. The Labute approximate surface area is 177 Å². The number of ether oxygens (including phenoxy) is 2. The van der Waals surface area contributed by atoms with Gasteiger partial charge in [-0.25, -0.2) is 0 Å². The fraction of sp³-hybridized carbons (Fsp3) is 0.926. The van der Waals surface area contributed by atoms with E-state index in [4.69, 9.17) is 9.47 Å². The summed E-state index contributed by atoms with van der Waals surface area (Å²) in [5.41, 5.74) is 0. The first-order valence-corrected chi connectivity index (χ1v) is 13.0. The van der Waals surface area contributed by atoms with Gasteiger partial charge in [0.2, 0.25) is 0 Å². The van der Waals surface area contributed by atoms with Crippen LogP contribution in [0.4, 0.5) is 0 Å². The number of fused-ring (bicyclic) bond motifs is 16. The van der Waals surface area contributed by atoms with Crippen molar-refractivity contribution in [3.05, 3.63) is 12.2 Å². The van der Waals surface area contributed by atoms with Crippen LogP contribution in [0.2, 0.25) is 0 Å². The van der Waals surface area contributed by atoms with Crippen LogP contribution >= 0.6 is 0 Å².